The molecule has 1 fully saturated rings. The summed E-state index contributed by atoms with van der Waals surface area (Å²) in [6.07, 6.45) is 1.48. The maximum absolute atomic E-state index is 13.3. The summed E-state index contributed by atoms with van der Waals surface area (Å²) >= 11 is 0. The minimum Gasteiger partial charge on any atom is -0.398 e. The predicted octanol–water partition coefficient (Wildman–Crippen LogP) is 1.60. The standard InChI is InChI=1S/C13H19FN2O3S/c1-13(19-2)6-3-7-16(9-13)20(17,18)12-8-10(14)4-5-11(12)15/h4-5,8H,3,6-7,9,15H2,1-2H3. The highest BCUT2D eigenvalue weighted by molar-refractivity contribution is 7.89. The van der Waals surface area contributed by atoms with Crippen molar-refractivity contribution < 1.29 is 17.5 Å². The Balaban J connectivity index is 2.37. The molecule has 1 aliphatic heterocycles. The van der Waals surface area contributed by atoms with Crippen LogP contribution in [0, 0.1) is 5.82 Å². The van der Waals surface area contributed by atoms with Crippen molar-refractivity contribution in [1.82, 2.24) is 4.31 Å². The highest BCUT2D eigenvalue weighted by atomic mass is 32.2. The lowest BCUT2D eigenvalue weighted by molar-refractivity contribution is -0.0319. The van der Waals surface area contributed by atoms with Crippen molar-refractivity contribution in [2.75, 3.05) is 25.9 Å². The summed E-state index contributed by atoms with van der Waals surface area (Å²) in [5.41, 5.74) is 5.21. The lowest BCUT2D eigenvalue weighted by atomic mass is 9.96. The Hall–Kier alpha value is -1.18. The van der Waals surface area contributed by atoms with Gasteiger partial charge in [0.05, 0.1) is 11.3 Å². The Morgan fingerprint density at radius 1 is 1.45 bits per heavy atom. The molecule has 5 nitrogen and oxygen atoms in total. The first-order chi connectivity index (χ1) is 9.28. The maximum Gasteiger partial charge on any atom is 0.245 e. The molecular formula is C13H19FN2O3S. The lowest BCUT2D eigenvalue weighted by Crippen LogP contribution is -2.49. The predicted molar refractivity (Wildman–Crippen MR) is 74.2 cm³/mol. The molecule has 7 heteroatoms. The minimum atomic E-state index is -3.81. The van der Waals surface area contributed by atoms with E-state index in [1.165, 1.54) is 10.4 Å². The zero-order chi connectivity index (χ0) is 15.0. The van der Waals surface area contributed by atoms with Crippen LogP contribution in [0.4, 0.5) is 10.1 Å². The van der Waals surface area contributed by atoms with E-state index in [-0.39, 0.29) is 17.1 Å². The highest BCUT2D eigenvalue weighted by Gasteiger charge is 2.37. The van der Waals surface area contributed by atoms with Gasteiger partial charge in [0.25, 0.3) is 0 Å². The number of nitrogens with zero attached hydrogens (tertiary/aromatic N) is 1. The van der Waals surface area contributed by atoms with Crippen LogP contribution in [0.15, 0.2) is 23.1 Å². The van der Waals surface area contributed by atoms with Crippen LogP contribution in [0.25, 0.3) is 0 Å². The molecule has 1 saturated heterocycles. The van der Waals surface area contributed by atoms with Gasteiger partial charge >= 0.3 is 0 Å². The van der Waals surface area contributed by atoms with E-state index >= 15 is 0 Å². The summed E-state index contributed by atoms with van der Waals surface area (Å²) in [4.78, 5) is -0.183. The molecule has 1 unspecified atom stereocenters. The molecule has 0 saturated carbocycles. The van der Waals surface area contributed by atoms with Crippen LogP contribution in [0.5, 0.6) is 0 Å². The van der Waals surface area contributed by atoms with Gasteiger partial charge in [0, 0.05) is 20.2 Å². The van der Waals surface area contributed by atoms with Gasteiger partial charge in [-0.25, -0.2) is 12.8 Å². The maximum atomic E-state index is 13.3. The monoisotopic (exact) mass is 302 g/mol. The number of sulfonamides is 1. The van der Waals surface area contributed by atoms with Crippen LogP contribution in [-0.2, 0) is 14.8 Å². The van der Waals surface area contributed by atoms with Crippen molar-refractivity contribution in [3.8, 4) is 0 Å². The number of methoxy groups -OCH3 is 1. The van der Waals surface area contributed by atoms with Gasteiger partial charge in [0.1, 0.15) is 10.7 Å². The van der Waals surface area contributed by atoms with E-state index < -0.39 is 21.4 Å². The van der Waals surface area contributed by atoms with E-state index in [1.54, 1.807) is 7.11 Å². The molecule has 1 aromatic carbocycles. The Morgan fingerprint density at radius 2 is 2.15 bits per heavy atom. The first kappa shape index (κ1) is 15.2. The number of nitrogen functional groups attached to an aromatic ring is 1. The van der Waals surface area contributed by atoms with E-state index in [9.17, 15) is 12.8 Å². The topological polar surface area (TPSA) is 72.6 Å². The van der Waals surface area contributed by atoms with E-state index in [4.69, 9.17) is 10.5 Å². The van der Waals surface area contributed by atoms with Gasteiger partial charge < -0.3 is 10.5 Å². The Bertz CT molecular complexity index is 606. The first-order valence-electron chi connectivity index (χ1n) is 6.39. The molecule has 1 aromatic rings. The fourth-order valence-corrected chi connectivity index (χ4v) is 4.12. The smallest absolute Gasteiger partial charge is 0.245 e. The molecule has 0 radical (unpaired) electrons. The molecule has 2 rings (SSSR count). The van der Waals surface area contributed by atoms with Crippen LogP contribution in [0.3, 0.4) is 0 Å². The van der Waals surface area contributed by atoms with Gasteiger partial charge in [-0.05, 0) is 38.0 Å². The van der Waals surface area contributed by atoms with Gasteiger partial charge in [0.2, 0.25) is 10.0 Å². The lowest BCUT2D eigenvalue weighted by Gasteiger charge is -2.38. The zero-order valence-electron chi connectivity index (χ0n) is 11.6. The molecule has 1 aliphatic rings. The third-order valence-electron chi connectivity index (χ3n) is 3.71. The van der Waals surface area contributed by atoms with Gasteiger partial charge in [-0.3, -0.25) is 0 Å². The SMILES string of the molecule is COC1(C)CCCN(S(=O)(=O)c2cc(F)ccc2N)C1. The number of anilines is 1. The quantitative estimate of drug-likeness (QED) is 0.861. The number of nitrogens with two attached hydrogens (primary N) is 1. The van der Waals surface area contributed by atoms with Gasteiger partial charge in [0.15, 0.2) is 0 Å². The summed E-state index contributed by atoms with van der Waals surface area (Å²) in [6.45, 7) is 2.49. The molecule has 1 heterocycles. The average molecular weight is 302 g/mol. The average Bonchev–Trinajstić information content (AvgIpc) is 2.41. The van der Waals surface area contributed by atoms with Gasteiger partial charge in [-0.1, -0.05) is 0 Å². The van der Waals surface area contributed by atoms with Crippen molar-refractivity contribution in [3.05, 3.63) is 24.0 Å². The molecule has 0 bridgehead atoms. The van der Waals surface area contributed by atoms with Crippen molar-refractivity contribution in [1.29, 1.82) is 0 Å². The van der Waals surface area contributed by atoms with E-state index in [1.807, 2.05) is 6.92 Å². The number of hydrogen-bond donors (Lipinski definition) is 1. The third kappa shape index (κ3) is 2.79. The summed E-state index contributed by atoms with van der Waals surface area (Å²) < 4.78 is 45.2. The molecule has 1 atom stereocenters. The molecule has 0 spiro atoms. The first-order valence-corrected chi connectivity index (χ1v) is 7.83. The zero-order valence-corrected chi connectivity index (χ0v) is 12.4. The van der Waals surface area contributed by atoms with Crippen LogP contribution < -0.4 is 5.73 Å². The second kappa shape index (κ2) is 5.31. The largest absolute Gasteiger partial charge is 0.398 e. The fraction of sp³-hybridized carbons (Fsp3) is 0.538. The van der Waals surface area contributed by atoms with Crippen molar-refractivity contribution in [3.63, 3.8) is 0 Å². The Kier molecular flexibility index (Phi) is 4.04. The second-order valence-electron chi connectivity index (χ2n) is 5.28. The number of hydrogen-bond acceptors (Lipinski definition) is 4. The van der Waals surface area contributed by atoms with Crippen molar-refractivity contribution in [2.45, 2.75) is 30.3 Å². The minimum absolute atomic E-state index is 0.0519. The van der Waals surface area contributed by atoms with Gasteiger partial charge in [-0.15, -0.1) is 0 Å². The number of piperidine rings is 1. The summed E-state index contributed by atoms with van der Waals surface area (Å²) in [6, 6.07) is 3.37. The molecule has 112 valence electrons. The van der Waals surface area contributed by atoms with Crippen LogP contribution >= 0.6 is 0 Å². The Morgan fingerprint density at radius 3 is 2.80 bits per heavy atom. The van der Waals surface area contributed by atoms with Crippen molar-refractivity contribution >= 4 is 15.7 Å². The van der Waals surface area contributed by atoms with E-state index in [0.29, 0.717) is 13.0 Å². The van der Waals surface area contributed by atoms with Crippen molar-refractivity contribution in [2.24, 2.45) is 0 Å². The summed E-state index contributed by atoms with van der Waals surface area (Å²) in [5.74, 6) is -0.621. The summed E-state index contributed by atoms with van der Waals surface area (Å²) in [7, 11) is -2.25. The molecule has 0 aromatic heterocycles. The number of rotatable bonds is 3. The highest BCUT2D eigenvalue weighted by Crippen LogP contribution is 2.30. The number of halogens is 1. The van der Waals surface area contributed by atoms with Gasteiger partial charge in [-0.2, -0.15) is 4.31 Å². The van der Waals surface area contributed by atoms with E-state index in [0.717, 1.165) is 18.6 Å². The molecule has 2 N–H and O–H groups in total. The van der Waals surface area contributed by atoms with Crippen LogP contribution in [-0.4, -0.2) is 38.5 Å². The second-order valence-corrected chi connectivity index (χ2v) is 7.18. The molecular weight excluding hydrogens is 283 g/mol. The molecule has 20 heavy (non-hydrogen) atoms. The van der Waals surface area contributed by atoms with Crippen LogP contribution in [0.1, 0.15) is 19.8 Å². The molecule has 0 aliphatic carbocycles. The third-order valence-corrected chi connectivity index (χ3v) is 5.61. The molecule has 0 amide bonds. The number of benzene rings is 1. The Labute approximate surface area is 118 Å². The summed E-state index contributed by atoms with van der Waals surface area (Å²) in [5, 5.41) is 0. The van der Waals surface area contributed by atoms with Crippen LogP contribution in [0.2, 0.25) is 0 Å². The number of ether oxygens (including phenoxy) is 1. The normalized spacial score (nSPS) is 24.8. The fourth-order valence-electron chi connectivity index (χ4n) is 2.40. The van der Waals surface area contributed by atoms with E-state index in [2.05, 4.69) is 0 Å².